The van der Waals surface area contributed by atoms with E-state index in [1.54, 1.807) is 11.3 Å². The first-order valence-corrected chi connectivity index (χ1v) is 8.53. The monoisotopic (exact) mass is 286 g/mol. The van der Waals surface area contributed by atoms with Gasteiger partial charge in [0.1, 0.15) is 5.01 Å². The van der Waals surface area contributed by atoms with Crippen molar-refractivity contribution in [2.75, 3.05) is 0 Å². The van der Waals surface area contributed by atoms with Crippen LogP contribution in [0.5, 0.6) is 0 Å². The Morgan fingerprint density at radius 2 is 2.00 bits per heavy atom. The molecular weight excluding hydrogens is 264 g/mol. The molecule has 0 aliphatic heterocycles. The van der Waals surface area contributed by atoms with Gasteiger partial charge in [-0.3, -0.25) is 4.98 Å². The second-order valence-corrected chi connectivity index (χ2v) is 6.89. The molecule has 0 N–H and O–H groups in total. The number of nitrogens with zero attached hydrogens (tertiary/aromatic N) is 2. The van der Waals surface area contributed by atoms with E-state index in [1.807, 2.05) is 12.4 Å². The van der Waals surface area contributed by atoms with Crippen LogP contribution < -0.4 is 0 Å². The van der Waals surface area contributed by atoms with Crippen LogP contribution >= 0.6 is 11.3 Å². The molecule has 0 radical (unpaired) electrons. The summed E-state index contributed by atoms with van der Waals surface area (Å²) in [5.74, 6) is 1.20. The maximum Gasteiger partial charge on any atom is 0.125 e. The molecule has 106 valence electrons. The van der Waals surface area contributed by atoms with Gasteiger partial charge in [-0.15, -0.1) is 11.3 Å². The molecule has 0 aromatic carbocycles. The van der Waals surface area contributed by atoms with Gasteiger partial charge in [0.25, 0.3) is 0 Å². The number of pyridine rings is 1. The van der Waals surface area contributed by atoms with Gasteiger partial charge in [0, 0.05) is 29.3 Å². The average Bonchev–Trinajstić information content (AvgIpc) is 2.98. The zero-order valence-corrected chi connectivity index (χ0v) is 13.1. The smallest absolute Gasteiger partial charge is 0.125 e. The number of hydrogen-bond acceptors (Lipinski definition) is 3. The second kappa shape index (κ2) is 6.04. The van der Waals surface area contributed by atoms with Gasteiger partial charge < -0.3 is 0 Å². The standard InChI is InChI=1S/C17H22N2S/c1-12(2)14-8-9-18-10-15(14)17-19-16(11-20-17)13-6-4-3-5-7-13/h8-13H,3-7H2,1-2H3. The van der Waals surface area contributed by atoms with Crippen LogP contribution in [-0.4, -0.2) is 9.97 Å². The lowest BCUT2D eigenvalue weighted by molar-refractivity contribution is 0.438. The molecule has 0 amide bonds. The van der Waals surface area contributed by atoms with Crippen molar-refractivity contribution in [3.63, 3.8) is 0 Å². The number of thiazole rings is 1. The van der Waals surface area contributed by atoms with Gasteiger partial charge in [-0.25, -0.2) is 4.98 Å². The van der Waals surface area contributed by atoms with Gasteiger partial charge in [-0.05, 0) is 30.4 Å². The van der Waals surface area contributed by atoms with E-state index >= 15 is 0 Å². The van der Waals surface area contributed by atoms with E-state index in [9.17, 15) is 0 Å². The highest BCUT2D eigenvalue weighted by Gasteiger charge is 2.19. The molecule has 3 rings (SSSR count). The Kier molecular flexibility index (Phi) is 4.16. The van der Waals surface area contributed by atoms with E-state index in [1.165, 1.54) is 48.9 Å². The Morgan fingerprint density at radius 1 is 1.20 bits per heavy atom. The van der Waals surface area contributed by atoms with Crippen molar-refractivity contribution < 1.29 is 0 Å². The van der Waals surface area contributed by atoms with Crippen LogP contribution in [0, 0.1) is 0 Å². The summed E-state index contributed by atoms with van der Waals surface area (Å²) in [5.41, 5.74) is 3.88. The van der Waals surface area contributed by atoms with Crippen molar-refractivity contribution in [3.8, 4) is 10.6 Å². The molecule has 2 aromatic rings. The maximum absolute atomic E-state index is 4.93. The molecule has 0 atom stereocenters. The van der Waals surface area contributed by atoms with E-state index in [2.05, 4.69) is 30.3 Å². The average molecular weight is 286 g/mol. The Balaban J connectivity index is 1.90. The molecule has 2 heterocycles. The van der Waals surface area contributed by atoms with Crippen molar-refractivity contribution in [3.05, 3.63) is 35.1 Å². The molecule has 2 nitrogen and oxygen atoms in total. The fourth-order valence-corrected chi connectivity index (χ4v) is 4.02. The van der Waals surface area contributed by atoms with Crippen LogP contribution in [0.15, 0.2) is 23.8 Å². The molecule has 1 aliphatic rings. The minimum atomic E-state index is 0.509. The molecule has 3 heteroatoms. The minimum absolute atomic E-state index is 0.509. The predicted octanol–water partition coefficient (Wildman–Crippen LogP) is 5.38. The quantitative estimate of drug-likeness (QED) is 0.757. The SMILES string of the molecule is CC(C)c1ccncc1-c1nc(C2CCCCC2)cs1. The van der Waals surface area contributed by atoms with Crippen LogP contribution in [0.3, 0.4) is 0 Å². The van der Waals surface area contributed by atoms with Gasteiger partial charge in [-0.1, -0.05) is 33.1 Å². The summed E-state index contributed by atoms with van der Waals surface area (Å²) in [7, 11) is 0. The topological polar surface area (TPSA) is 25.8 Å². The van der Waals surface area contributed by atoms with Gasteiger partial charge in [0.2, 0.25) is 0 Å². The van der Waals surface area contributed by atoms with Crippen molar-refractivity contribution in [2.45, 2.75) is 57.8 Å². The van der Waals surface area contributed by atoms with Crippen LogP contribution in [0.4, 0.5) is 0 Å². The third-order valence-electron chi connectivity index (χ3n) is 4.25. The van der Waals surface area contributed by atoms with E-state index in [0.29, 0.717) is 11.8 Å². The summed E-state index contributed by atoms with van der Waals surface area (Å²) in [6, 6.07) is 2.13. The fourth-order valence-electron chi connectivity index (χ4n) is 3.08. The Bertz CT molecular complexity index is 568. The number of hydrogen-bond donors (Lipinski definition) is 0. The summed E-state index contributed by atoms with van der Waals surface area (Å²) in [6.45, 7) is 4.46. The first kappa shape index (κ1) is 13.7. The molecule has 0 saturated heterocycles. The summed E-state index contributed by atoms with van der Waals surface area (Å²) < 4.78 is 0. The van der Waals surface area contributed by atoms with E-state index in [4.69, 9.17) is 4.98 Å². The zero-order valence-electron chi connectivity index (χ0n) is 12.3. The third kappa shape index (κ3) is 2.78. The normalized spacial score (nSPS) is 16.8. The Hall–Kier alpha value is -1.22. The first-order chi connectivity index (χ1) is 9.75. The lowest BCUT2D eigenvalue weighted by atomic mass is 9.87. The maximum atomic E-state index is 4.93. The third-order valence-corrected chi connectivity index (χ3v) is 5.15. The van der Waals surface area contributed by atoms with Crippen molar-refractivity contribution in [1.82, 2.24) is 9.97 Å². The lowest BCUT2D eigenvalue weighted by Gasteiger charge is -2.19. The highest BCUT2D eigenvalue weighted by Crippen LogP contribution is 2.36. The van der Waals surface area contributed by atoms with Crippen molar-refractivity contribution in [2.24, 2.45) is 0 Å². The van der Waals surface area contributed by atoms with E-state index in [-0.39, 0.29) is 0 Å². The Labute approximate surface area is 125 Å². The minimum Gasteiger partial charge on any atom is -0.264 e. The molecule has 1 saturated carbocycles. The molecule has 1 aliphatic carbocycles. The largest absolute Gasteiger partial charge is 0.264 e. The van der Waals surface area contributed by atoms with Crippen LogP contribution in [0.2, 0.25) is 0 Å². The van der Waals surface area contributed by atoms with Gasteiger partial charge in [-0.2, -0.15) is 0 Å². The Morgan fingerprint density at radius 3 is 2.75 bits per heavy atom. The summed E-state index contributed by atoms with van der Waals surface area (Å²) in [5, 5.41) is 3.41. The van der Waals surface area contributed by atoms with Crippen molar-refractivity contribution >= 4 is 11.3 Å². The van der Waals surface area contributed by atoms with Crippen LogP contribution in [0.1, 0.15) is 69.0 Å². The van der Waals surface area contributed by atoms with Gasteiger partial charge in [0.15, 0.2) is 0 Å². The zero-order chi connectivity index (χ0) is 13.9. The predicted molar refractivity (Wildman–Crippen MR) is 85.3 cm³/mol. The lowest BCUT2D eigenvalue weighted by Crippen LogP contribution is -2.04. The highest BCUT2D eigenvalue weighted by atomic mass is 32.1. The van der Waals surface area contributed by atoms with E-state index < -0.39 is 0 Å². The molecular formula is C17H22N2S. The molecule has 20 heavy (non-hydrogen) atoms. The summed E-state index contributed by atoms with van der Waals surface area (Å²) in [4.78, 5) is 9.22. The molecule has 1 fully saturated rings. The van der Waals surface area contributed by atoms with Gasteiger partial charge >= 0.3 is 0 Å². The molecule has 2 aromatic heterocycles. The number of aromatic nitrogens is 2. The molecule has 0 bridgehead atoms. The molecule has 0 spiro atoms. The van der Waals surface area contributed by atoms with E-state index in [0.717, 1.165) is 5.01 Å². The fraction of sp³-hybridized carbons (Fsp3) is 0.529. The first-order valence-electron chi connectivity index (χ1n) is 7.65. The molecule has 0 unspecified atom stereocenters. The van der Waals surface area contributed by atoms with Crippen molar-refractivity contribution in [1.29, 1.82) is 0 Å². The summed E-state index contributed by atoms with van der Waals surface area (Å²) >= 11 is 1.78. The summed E-state index contributed by atoms with van der Waals surface area (Å²) in [6.07, 6.45) is 10.6. The van der Waals surface area contributed by atoms with Crippen LogP contribution in [0.25, 0.3) is 10.6 Å². The highest BCUT2D eigenvalue weighted by molar-refractivity contribution is 7.13. The van der Waals surface area contributed by atoms with Crippen LogP contribution in [-0.2, 0) is 0 Å². The van der Waals surface area contributed by atoms with Gasteiger partial charge in [0.05, 0.1) is 5.69 Å². The second-order valence-electron chi connectivity index (χ2n) is 6.03. The number of rotatable bonds is 3.